The Balaban J connectivity index is 1.80. The van der Waals surface area contributed by atoms with Gasteiger partial charge in [-0.3, -0.25) is 9.59 Å². The predicted octanol–water partition coefficient (Wildman–Crippen LogP) is 7.83. The summed E-state index contributed by atoms with van der Waals surface area (Å²) in [5.41, 5.74) is 0.615. The second-order valence-corrected chi connectivity index (χ2v) is 18.8. The van der Waals surface area contributed by atoms with Crippen LogP contribution in [0.4, 0.5) is 4.79 Å². The van der Waals surface area contributed by atoms with Gasteiger partial charge in [-0.15, -0.1) is 11.8 Å². The van der Waals surface area contributed by atoms with Crippen LogP contribution in [0.3, 0.4) is 0 Å². The van der Waals surface area contributed by atoms with Gasteiger partial charge in [0.25, 0.3) is 0 Å². The molecule has 0 unspecified atom stereocenters. The number of carboxylic acid groups (broad SMARTS) is 1. The molecule has 0 saturated heterocycles. The zero-order valence-corrected chi connectivity index (χ0v) is 39.0. The number of nitrogens with one attached hydrogen (secondary N) is 3. The molecule has 0 heterocycles. The van der Waals surface area contributed by atoms with Crippen molar-refractivity contribution in [1.29, 1.82) is 0 Å². The molecule has 4 N–H and O–H groups in total. The number of carboxylic acids is 1. The SMILES string of the molecule is COc1cc(OC)cc(C(C)(C)OC(=O)N[C@@H](CSC(c2ccccc2)(c2ccccc2)c2ccccc2)C(=O)N[C@H](C(=O)N[C@@H](COC(C)(C)C)C(=O)O)[C@@H](C)OC(C)(C)C)c1. The summed E-state index contributed by atoms with van der Waals surface area (Å²) in [7, 11) is 3.03. The average molecular weight is 886 g/mol. The first-order valence-corrected chi connectivity index (χ1v) is 21.8. The van der Waals surface area contributed by atoms with Crippen molar-refractivity contribution in [1.82, 2.24) is 16.0 Å². The van der Waals surface area contributed by atoms with E-state index in [9.17, 15) is 24.3 Å². The van der Waals surface area contributed by atoms with Crippen LogP contribution in [0.1, 0.15) is 84.6 Å². The highest BCUT2D eigenvalue weighted by molar-refractivity contribution is 8.00. The second kappa shape index (κ2) is 21.7. The molecule has 340 valence electrons. The molecule has 0 aliphatic rings. The first kappa shape index (κ1) is 50.1. The topological polar surface area (TPSA) is 171 Å². The van der Waals surface area contributed by atoms with Gasteiger partial charge < -0.3 is 44.7 Å². The van der Waals surface area contributed by atoms with Gasteiger partial charge in [-0.2, -0.15) is 0 Å². The number of carbonyl (C=O) groups is 4. The summed E-state index contributed by atoms with van der Waals surface area (Å²) in [5.74, 6) is -1.95. The van der Waals surface area contributed by atoms with Crippen LogP contribution in [-0.4, -0.2) is 91.0 Å². The van der Waals surface area contributed by atoms with Gasteiger partial charge >= 0.3 is 12.1 Å². The Morgan fingerprint density at radius 3 is 1.51 bits per heavy atom. The molecule has 0 spiro atoms. The molecule has 0 fully saturated rings. The first-order chi connectivity index (χ1) is 29.6. The number of alkyl carbamates (subject to hydrolysis) is 1. The van der Waals surface area contributed by atoms with Crippen molar-refractivity contribution in [2.24, 2.45) is 0 Å². The maximum Gasteiger partial charge on any atom is 0.408 e. The van der Waals surface area contributed by atoms with Gasteiger partial charge in [-0.1, -0.05) is 91.0 Å². The van der Waals surface area contributed by atoms with Gasteiger partial charge in [-0.05, 0) is 91.1 Å². The van der Waals surface area contributed by atoms with E-state index in [4.69, 9.17) is 23.7 Å². The standard InChI is InChI=1S/C49H63N3O10S/c1-32(61-47(5,6)7)41(43(54)50-39(44(55)56)30-60-46(2,3)4)52-42(53)40(51-45(57)62-48(8,9)36-27-37(58-10)29-38(28-36)59-11)31-63-49(33-21-15-12-16-22-33,34-23-17-13-18-24-34)35-25-19-14-20-26-35/h12-29,32,39-41H,30-31H2,1-11H3,(H,50,54)(H,51,57)(H,52,53)(H,55,56)/t32-,39+,40+,41+/m1/s1. The Bertz CT molecular complexity index is 2000. The minimum absolute atomic E-state index is 0.0347. The normalized spacial score (nSPS) is 14.0. The van der Waals surface area contributed by atoms with Crippen molar-refractivity contribution >= 4 is 35.6 Å². The van der Waals surface area contributed by atoms with Crippen LogP contribution >= 0.6 is 11.8 Å². The summed E-state index contributed by atoms with van der Waals surface area (Å²) >= 11 is 1.42. The Hall–Kier alpha value is -5.57. The minimum atomic E-state index is -1.45. The highest BCUT2D eigenvalue weighted by Gasteiger charge is 2.41. The maximum atomic E-state index is 14.9. The summed E-state index contributed by atoms with van der Waals surface area (Å²) in [4.78, 5) is 55.5. The first-order valence-electron chi connectivity index (χ1n) is 20.8. The molecular weight excluding hydrogens is 823 g/mol. The molecule has 0 aromatic heterocycles. The monoisotopic (exact) mass is 885 g/mol. The predicted molar refractivity (Wildman–Crippen MR) is 245 cm³/mol. The van der Waals surface area contributed by atoms with E-state index in [0.717, 1.165) is 16.7 Å². The quantitative estimate of drug-likeness (QED) is 0.0638. The molecular formula is C49H63N3O10S. The van der Waals surface area contributed by atoms with Crippen molar-refractivity contribution in [3.63, 3.8) is 0 Å². The largest absolute Gasteiger partial charge is 0.497 e. The van der Waals surface area contributed by atoms with E-state index >= 15 is 0 Å². The average Bonchev–Trinajstić information content (AvgIpc) is 3.23. The molecule has 0 bridgehead atoms. The van der Waals surface area contributed by atoms with Crippen molar-refractivity contribution in [3.05, 3.63) is 131 Å². The Morgan fingerprint density at radius 1 is 0.619 bits per heavy atom. The van der Waals surface area contributed by atoms with E-state index in [1.54, 1.807) is 80.5 Å². The lowest BCUT2D eigenvalue weighted by Crippen LogP contribution is -2.61. The van der Waals surface area contributed by atoms with Crippen LogP contribution in [0, 0.1) is 0 Å². The lowest BCUT2D eigenvalue weighted by molar-refractivity contribution is -0.148. The van der Waals surface area contributed by atoms with Gasteiger partial charge in [0.1, 0.15) is 29.2 Å². The fraction of sp³-hybridized carbons (Fsp3) is 0.429. The summed E-state index contributed by atoms with van der Waals surface area (Å²) in [6.07, 6.45) is -1.89. The van der Waals surface area contributed by atoms with Gasteiger partial charge in [0.2, 0.25) is 11.8 Å². The molecule has 4 aromatic carbocycles. The zero-order chi connectivity index (χ0) is 46.6. The number of carbonyl (C=O) groups excluding carboxylic acids is 3. The van der Waals surface area contributed by atoms with Crippen molar-refractivity contribution in [3.8, 4) is 11.5 Å². The third-order valence-corrected chi connectivity index (χ3v) is 11.5. The second-order valence-electron chi connectivity index (χ2n) is 17.5. The van der Waals surface area contributed by atoms with Crippen molar-refractivity contribution in [2.75, 3.05) is 26.6 Å². The number of ether oxygens (including phenoxy) is 5. The number of methoxy groups -OCH3 is 2. The summed E-state index contributed by atoms with van der Waals surface area (Å²) in [6.45, 7) is 15.4. The molecule has 4 atom stereocenters. The molecule has 14 heteroatoms. The number of thioether (sulfide) groups is 1. The van der Waals surface area contributed by atoms with Crippen LogP contribution in [0.2, 0.25) is 0 Å². The number of hydrogen-bond acceptors (Lipinski definition) is 10. The Morgan fingerprint density at radius 2 is 1.10 bits per heavy atom. The lowest BCUT2D eigenvalue weighted by atomic mass is 9.84. The summed E-state index contributed by atoms with van der Waals surface area (Å²) < 4.78 is 28.0. The van der Waals surface area contributed by atoms with E-state index in [-0.39, 0.29) is 12.4 Å². The lowest BCUT2D eigenvalue weighted by Gasteiger charge is -2.37. The third-order valence-electron chi connectivity index (χ3n) is 9.90. The molecule has 0 saturated carbocycles. The number of aliphatic carboxylic acids is 1. The number of hydrogen-bond donors (Lipinski definition) is 4. The number of amides is 3. The smallest absolute Gasteiger partial charge is 0.408 e. The molecule has 0 radical (unpaired) electrons. The van der Waals surface area contributed by atoms with E-state index < -0.39 is 69.7 Å². The van der Waals surface area contributed by atoms with Crippen LogP contribution in [0.25, 0.3) is 0 Å². The van der Waals surface area contributed by atoms with Gasteiger partial charge in [0, 0.05) is 17.4 Å². The molecule has 0 aliphatic carbocycles. The molecule has 3 amide bonds. The van der Waals surface area contributed by atoms with Gasteiger partial charge in [0.05, 0.1) is 42.9 Å². The van der Waals surface area contributed by atoms with Crippen LogP contribution in [-0.2, 0) is 38.9 Å². The molecule has 0 aliphatic heterocycles. The van der Waals surface area contributed by atoms with Crippen LogP contribution in [0.15, 0.2) is 109 Å². The van der Waals surface area contributed by atoms with Crippen LogP contribution in [0.5, 0.6) is 11.5 Å². The van der Waals surface area contributed by atoms with Crippen LogP contribution < -0.4 is 25.4 Å². The molecule has 4 rings (SSSR count). The van der Waals surface area contributed by atoms with Crippen molar-refractivity contribution in [2.45, 2.75) is 108 Å². The zero-order valence-electron chi connectivity index (χ0n) is 38.1. The summed E-state index contributed by atoms with van der Waals surface area (Å²) in [5, 5.41) is 18.2. The third kappa shape index (κ3) is 14.2. The maximum absolute atomic E-state index is 14.9. The van der Waals surface area contributed by atoms with Gasteiger partial charge in [0.15, 0.2) is 6.04 Å². The van der Waals surface area contributed by atoms with E-state index in [1.165, 1.54) is 26.0 Å². The van der Waals surface area contributed by atoms with Gasteiger partial charge in [-0.25, -0.2) is 9.59 Å². The fourth-order valence-electron chi connectivity index (χ4n) is 6.82. The summed E-state index contributed by atoms with van der Waals surface area (Å²) in [6, 6.07) is 30.5. The van der Waals surface area contributed by atoms with E-state index in [0.29, 0.717) is 17.1 Å². The number of rotatable bonds is 20. The fourth-order valence-corrected chi connectivity index (χ4v) is 8.38. The Kier molecular flexibility index (Phi) is 17.2. The Labute approximate surface area is 376 Å². The minimum Gasteiger partial charge on any atom is -0.497 e. The molecule has 4 aromatic rings. The molecule has 13 nitrogen and oxygen atoms in total. The highest BCUT2D eigenvalue weighted by Crippen LogP contribution is 2.48. The molecule has 63 heavy (non-hydrogen) atoms. The highest BCUT2D eigenvalue weighted by atomic mass is 32.2. The number of benzene rings is 4. The van der Waals surface area contributed by atoms with E-state index in [2.05, 4.69) is 16.0 Å². The van der Waals surface area contributed by atoms with Crippen molar-refractivity contribution < 1.29 is 48.0 Å². The van der Waals surface area contributed by atoms with E-state index in [1.807, 2.05) is 91.0 Å².